The molecule has 2 aliphatic rings. The van der Waals surface area contributed by atoms with Crippen molar-refractivity contribution in [3.8, 4) is 0 Å². The lowest BCUT2D eigenvalue weighted by atomic mass is 10.1. The number of amides is 2. The molecule has 3 rings (SSSR count). The molecule has 1 aromatic rings. The number of anilines is 1. The molecular weight excluding hydrogens is 288 g/mol. The van der Waals surface area contributed by atoms with Gasteiger partial charge in [0.1, 0.15) is 0 Å². The first-order chi connectivity index (χ1) is 11.1. The predicted octanol–water partition coefficient (Wildman–Crippen LogP) is 2.83. The van der Waals surface area contributed by atoms with E-state index in [9.17, 15) is 9.59 Å². The van der Waals surface area contributed by atoms with Crippen LogP contribution in [-0.2, 0) is 22.4 Å². The fourth-order valence-corrected chi connectivity index (χ4v) is 3.72. The smallest absolute Gasteiger partial charge is 0.227 e. The SMILES string of the molecule is CCCC(C)NC(=O)C1CC(=O)N(c2ccc3c(c2)CCC3)C1. The second-order valence-corrected chi connectivity index (χ2v) is 6.91. The Balaban J connectivity index is 1.66. The molecule has 1 aliphatic carbocycles. The maximum absolute atomic E-state index is 12.4. The number of carbonyl (C=O) groups is 2. The Hall–Kier alpha value is -1.84. The summed E-state index contributed by atoms with van der Waals surface area (Å²) in [4.78, 5) is 26.5. The summed E-state index contributed by atoms with van der Waals surface area (Å²) in [6.45, 7) is 4.63. The number of hydrogen-bond acceptors (Lipinski definition) is 2. The number of nitrogens with zero attached hydrogens (tertiary/aromatic N) is 1. The highest BCUT2D eigenvalue weighted by molar-refractivity contribution is 6.00. The fourth-order valence-electron chi connectivity index (χ4n) is 3.72. The van der Waals surface area contributed by atoms with Crippen molar-refractivity contribution in [3.05, 3.63) is 29.3 Å². The van der Waals surface area contributed by atoms with Crippen LogP contribution in [0.5, 0.6) is 0 Å². The van der Waals surface area contributed by atoms with E-state index in [1.165, 1.54) is 17.5 Å². The lowest BCUT2D eigenvalue weighted by molar-refractivity contribution is -0.126. The molecule has 1 heterocycles. The van der Waals surface area contributed by atoms with Crippen molar-refractivity contribution in [2.45, 2.75) is 58.4 Å². The van der Waals surface area contributed by atoms with Crippen LogP contribution in [-0.4, -0.2) is 24.4 Å². The van der Waals surface area contributed by atoms with Gasteiger partial charge in [0.15, 0.2) is 0 Å². The molecule has 0 spiro atoms. The summed E-state index contributed by atoms with van der Waals surface area (Å²) in [5.41, 5.74) is 3.72. The van der Waals surface area contributed by atoms with Gasteiger partial charge >= 0.3 is 0 Å². The number of aryl methyl sites for hydroxylation is 2. The second-order valence-electron chi connectivity index (χ2n) is 6.91. The average Bonchev–Trinajstić information content (AvgIpc) is 3.12. The van der Waals surface area contributed by atoms with E-state index in [0.29, 0.717) is 13.0 Å². The van der Waals surface area contributed by atoms with Gasteiger partial charge in [-0.3, -0.25) is 9.59 Å². The molecule has 2 unspecified atom stereocenters. The van der Waals surface area contributed by atoms with Gasteiger partial charge < -0.3 is 10.2 Å². The topological polar surface area (TPSA) is 49.4 Å². The van der Waals surface area contributed by atoms with Gasteiger partial charge in [-0.25, -0.2) is 0 Å². The molecule has 1 fully saturated rings. The van der Waals surface area contributed by atoms with Crippen molar-refractivity contribution >= 4 is 17.5 Å². The van der Waals surface area contributed by atoms with Crippen LogP contribution in [0.25, 0.3) is 0 Å². The Morgan fingerprint density at radius 2 is 2.13 bits per heavy atom. The predicted molar refractivity (Wildman–Crippen MR) is 91.4 cm³/mol. The van der Waals surface area contributed by atoms with E-state index in [-0.39, 0.29) is 23.8 Å². The summed E-state index contributed by atoms with van der Waals surface area (Å²) in [6, 6.07) is 6.49. The van der Waals surface area contributed by atoms with Crippen molar-refractivity contribution in [2.24, 2.45) is 5.92 Å². The van der Waals surface area contributed by atoms with E-state index < -0.39 is 0 Å². The van der Waals surface area contributed by atoms with Crippen LogP contribution >= 0.6 is 0 Å². The molecule has 1 N–H and O–H groups in total. The third-order valence-electron chi connectivity index (χ3n) is 5.00. The molecule has 4 heteroatoms. The highest BCUT2D eigenvalue weighted by Crippen LogP contribution is 2.30. The van der Waals surface area contributed by atoms with Crippen LogP contribution in [0.3, 0.4) is 0 Å². The Morgan fingerprint density at radius 3 is 2.91 bits per heavy atom. The van der Waals surface area contributed by atoms with E-state index in [1.54, 1.807) is 4.90 Å². The minimum absolute atomic E-state index is 0.0166. The molecule has 0 aromatic heterocycles. The lowest BCUT2D eigenvalue weighted by Gasteiger charge is -2.19. The maximum Gasteiger partial charge on any atom is 0.227 e. The quantitative estimate of drug-likeness (QED) is 0.908. The zero-order chi connectivity index (χ0) is 16.4. The summed E-state index contributed by atoms with van der Waals surface area (Å²) in [6.07, 6.45) is 5.79. The van der Waals surface area contributed by atoms with Crippen molar-refractivity contribution in [2.75, 3.05) is 11.4 Å². The normalized spacial score (nSPS) is 21.4. The summed E-state index contributed by atoms with van der Waals surface area (Å²) in [5, 5.41) is 3.04. The van der Waals surface area contributed by atoms with Crippen molar-refractivity contribution in [1.29, 1.82) is 0 Å². The minimum Gasteiger partial charge on any atom is -0.353 e. The molecule has 124 valence electrons. The number of carbonyl (C=O) groups excluding carboxylic acids is 2. The number of nitrogens with one attached hydrogen (secondary N) is 1. The Bertz CT molecular complexity index is 611. The van der Waals surface area contributed by atoms with Crippen LogP contribution in [0.2, 0.25) is 0 Å². The van der Waals surface area contributed by atoms with Crippen LogP contribution in [0.1, 0.15) is 50.7 Å². The van der Waals surface area contributed by atoms with Gasteiger partial charge in [0.25, 0.3) is 0 Å². The van der Waals surface area contributed by atoms with Crippen molar-refractivity contribution < 1.29 is 9.59 Å². The van der Waals surface area contributed by atoms with E-state index in [4.69, 9.17) is 0 Å². The molecule has 0 radical (unpaired) electrons. The Kier molecular flexibility index (Phi) is 4.69. The third kappa shape index (κ3) is 3.41. The van der Waals surface area contributed by atoms with E-state index in [0.717, 1.165) is 31.4 Å². The van der Waals surface area contributed by atoms with Crippen LogP contribution in [0.15, 0.2) is 18.2 Å². The van der Waals surface area contributed by atoms with Crippen LogP contribution in [0, 0.1) is 5.92 Å². The molecule has 2 amide bonds. The first-order valence-electron chi connectivity index (χ1n) is 8.81. The van der Waals surface area contributed by atoms with Gasteiger partial charge in [-0.15, -0.1) is 0 Å². The molecule has 1 aromatic carbocycles. The summed E-state index contributed by atoms with van der Waals surface area (Å²) in [7, 11) is 0. The third-order valence-corrected chi connectivity index (χ3v) is 5.00. The Morgan fingerprint density at radius 1 is 1.35 bits per heavy atom. The van der Waals surface area contributed by atoms with E-state index in [2.05, 4.69) is 24.4 Å². The van der Waals surface area contributed by atoms with Gasteiger partial charge in [0.2, 0.25) is 11.8 Å². The van der Waals surface area contributed by atoms with Crippen molar-refractivity contribution in [3.63, 3.8) is 0 Å². The molecule has 1 aliphatic heterocycles. The molecule has 23 heavy (non-hydrogen) atoms. The number of benzene rings is 1. The highest BCUT2D eigenvalue weighted by atomic mass is 16.2. The number of fused-ring (bicyclic) bond motifs is 1. The first-order valence-corrected chi connectivity index (χ1v) is 8.81. The molecule has 0 saturated carbocycles. The fraction of sp³-hybridized carbons (Fsp3) is 0.579. The molecule has 0 bridgehead atoms. The minimum atomic E-state index is -0.227. The average molecular weight is 314 g/mol. The monoisotopic (exact) mass is 314 g/mol. The maximum atomic E-state index is 12.4. The van der Waals surface area contributed by atoms with Gasteiger partial charge in [0, 0.05) is 24.7 Å². The summed E-state index contributed by atoms with van der Waals surface area (Å²) < 4.78 is 0. The van der Waals surface area contributed by atoms with E-state index >= 15 is 0 Å². The van der Waals surface area contributed by atoms with Gasteiger partial charge in [-0.05, 0) is 55.9 Å². The standard InChI is InChI=1S/C19H26N2O2/c1-3-5-13(2)20-19(23)16-11-18(22)21(12-16)17-9-8-14-6-4-7-15(14)10-17/h8-10,13,16H,3-7,11-12H2,1-2H3,(H,20,23). The summed E-state index contributed by atoms with van der Waals surface area (Å²) >= 11 is 0. The van der Waals surface area contributed by atoms with Gasteiger partial charge in [-0.1, -0.05) is 19.4 Å². The number of rotatable bonds is 5. The molecule has 2 atom stereocenters. The van der Waals surface area contributed by atoms with Gasteiger partial charge in [-0.2, -0.15) is 0 Å². The van der Waals surface area contributed by atoms with Crippen LogP contribution in [0.4, 0.5) is 5.69 Å². The molecular formula is C19H26N2O2. The molecule has 4 nitrogen and oxygen atoms in total. The zero-order valence-electron chi connectivity index (χ0n) is 14.1. The van der Waals surface area contributed by atoms with E-state index in [1.807, 2.05) is 13.0 Å². The van der Waals surface area contributed by atoms with Crippen LogP contribution < -0.4 is 10.2 Å². The lowest BCUT2D eigenvalue weighted by Crippen LogP contribution is -2.38. The second kappa shape index (κ2) is 6.73. The highest BCUT2D eigenvalue weighted by Gasteiger charge is 2.35. The van der Waals surface area contributed by atoms with Gasteiger partial charge in [0.05, 0.1) is 5.92 Å². The summed E-state index contributed by atoms with van der Waals surface area (Å²) in [5.74, 6) is -0.149. The Labute approximate surface area is 138 Å². The molecule has 1 saturated heterocycles. The first kappa shape index (κ1) is 16.0. The zero-order valence-corrected chi connectivity index (χ0v) is 14.1. The largest absolute Gasteiger partial charge is 0.353 e. The van der Waals surface area contributed by atoms with Crippen molar-refractivity contribution in [1.82, 2.24) is 5.32 Å². The number of hydrogen-bond donors (Lipinski definition) is 1.